The molecule has 0 spiro atoms. The Bertz CT molecular complexity index is 1150. The second-order valence-electron chi connectivity index (χ2n) is 6.05. The molecule has 0 aliphatic carbocycles. The van der Waals surface area contributed by atoms with Crippen LogP contribution in [0.2, 0.25) is 0 Å². The lowest BCUT2D eigenvalue weighted by molar-refractivity contribution is 0.440. The molecule has 0 bridgehead atoms. The lowest BCUT2D eigenvalue weighted by atomic mass is 10.0. The Labute approximate surface area is 159 Å². The minimum Gasteiger partial charge on any atom is -0.369 e. The zero-order valence-electron chi connectivity index (χ0n) is 14.9. The first kappa shape index (κ1) is 19.2. The predicted octanol–water partition coefficient (Wildman–Crippen LogP) is 2.62. The van der Waals surface area contributed by atoms with Gasteiger partial charge in [-0.25, -0.2) is 13.8 Å². The van der Waals surface area contributed by atoms with Crippen molar-refractivity contribution >= 4 is 5.95 Å². The van der Waals surface area contributed by atoms with Crippen molar-refractivity contribution in [3.63, 3.8) is 0 Å². The third-order valence-corrected chi connectivity index (χ3v) is 4.21. The van der Waals surface area contributed by atoms with Crippen molar-refractivity contribution in [1.29, 1.82) is 0 Å². The van der Waals surface area contributed by atoms with Crippen LogP contribution in [-0.2, 0) is 13.1 Å². The highest BCUT2D eigenvalue weighted by Gasteiger charge is 2.19. The number of hydrogen-bond donors (Lipinski definition) is 1. The average Bonchev–Trinajstić information content (AvgIpc) is 2.67. The van der Waals surface area contributed by atoms with Gasteiger partial charge in [0, 0.05) is 29.9 Å². The van der Waals surface area contributed by atoms with Crippen LogP contribution in [0.5, 0.6) is 0 Å². The number of aryl methyl sites for hydroxylation is 1. The van der Waals surface area contributed by atoms with E-state index in [0.717, 1.165) is 0 Å². The van der Waals surface area contributed by atoms with Gasteiger partial charge in [0.1, 0.15) is 12.5 Å². The summed E-state index contributed by atoms with van der Waals surface area (Å²) >= 11 is 0. The first-order valence-corrected chi connectivity index (χ1v) is 8.50. The Morgan fingerprint density at radius 3 is 2.64 bits per heavy atom. The molecule has 0 amide bonds. The Morgan fingerprint density at radius 2 is 1.96 bits per heavy atom. The molecule has 3 aromatic rings. The molecule has 6 nitrogen and oxygen atoms in total. The highest BCUT2D eigenvalue weighted by atomic mass is 19.1. The Balaban J connectivity index is 2.36. The fraction of sp³-hybridized carbons (Fsp3) is 0.150. The maximum absolute atomic E-state index is 13.8. The summed E-state index contributed by atoms with van der Waals surface area (Å²) in [4.78, 5) is 29.4. The lowest BCUT2D eigenvalue weighted by Gasteiger charge is -2.15. The average molecular weight is 384 g/mol. The highest BCUT2D eigenvalue weighted by molar-refractivity contribution is 5.80. The number of pyridine rings is 1. The smallest absolute Gasteiger partial charge is 0.263 e. The summed E-state index contributed by atoms with van der Waals surface area (Å²) in [5, 5.41) is 0. The number of nitrogens with two attached hydrogens (primary N) is 1. The van der Waals surface area contributed by atoms with Gasteiger partial charge in [-0.05, 0) is 18.2 Å². The number of rotatable bonds is 6. The first-order valence-electron chi connectivity index (χ1n) is 8.50. The van der Waals surface area contributed by atoms with Gasteiger partial charge in [0.15, 0.2) is 0 Å². The molecule has 1 aromatic carbocycles. The van der Waals surface area contributed by atoms with Crippen molar-refractivity contribution in [2.24, 2.45) is 0 Å². The summed E-state index contributed by atoms with van der Waals surface area (Å²) in [5.41, 5.74) is 6.07. The molecule has 28 heavy (non-hydrogen) atoms. The van der Waals surface area contributed by atoms with Crippen LogP contribution in [0, 0.1) is 5.82 Å². The normalized spacial score (nSPS) is 10.8. The van der Waals surface area contributed by atoms with Crippen molar-refractivity contribution in [2.45, 2.75) is 13.1 Å². The second kappa shape index (κ2) is 7.99. The number of anilines is 1. The van der Waals surface area contributed by atoms with Gasteiger partial charge in [0.2, 0.25) is 5.95 Å². The lowest BCUT2D eigenvalue weighted by Crippen LogP contribution is -2.27. The van der Waals surface area contributed by atoms with Crippen molar-refractivity contribution in [3.05, 3.63) is 81.8 Å². The number of nitrogen functional groups attached to an aromatic ring is 1. The molecule has 3 rings (SSSR count). The van der Waals surface area contributed by atoms with Crippen LogP contribution in [0.1, 0.15) is 0 Å². The number of hydrogen-bond acceptors (Lipinski definition) is 4. The molecule has 0 saturated heterocycles. The van der Waals surface area contributed by atoms with Crippen molar-refractivity contribution in [3.8, 4) is 22.4 Å². The van der Waals surface area contributed by atoms with Gasteiger partial charge >= 0.3 is 0 Å². The molecule has 0 atom stereocenters. The van der Waals surface area contributed by atoms with Gasteiger partial charge < -0.3 is 10.3 Å². The summed E-state index contributed by atoms with van der Waals surface area (Å²) in [6.45, 7) is 2.84. The van der Waals surface area contributed by atoms with Gasteiger partial charge in [0.25, 0.3) is 11.1 Å². The molecular weight excluding hydrogens is 366 g/mol. The van der Waals surface area contributed by atoms with Crippen LogP contribution in [0.25, 0.3) is 22.4 Å². The largest absolute Gasteiger partial charge is 0.369 e. The molecule has 2 aromatic heterocycles. The molecule has 0 radical (unpaired) electrons. The molecule has 2 heterocycles. The first-order chi connectivity index (χ1) is 13.5. The molecule has 0 aliphatic rings. The number of aromatic nitrogens is 3. The van der Waals surface area contributed by atoms with Gasteiger partial charge in [-0.1, -0.05) is 18.2 Å². The summed E-state index contributed by atoms with van der Waals surface area (Å²) < 4.78 is 28.9. The van der Waals surface area contributed by atoms with Crippen LogP contribution in [0.3, 0.4) is 0 Å². The van der Waals surface area contributed by atoms with Gasteiger partial charge in [0.05, 0.1) is 17.8 Å². The molecule has 8 heteroatoms. The standard InChI is InChI=1S/C20H18F2N4O2/c1-2-9-26-19(28)17(14-6-7-16(27)25(12-14)10-8-21)18(24-20(26)23)13-4-3-5-15(22)11-13/h2-7,11-12H,1,8-10H2,(H2,23,24). The van der Waals surface area contributed by atoms with Crippen LogP contribution in [-0.4, -0.2) is 20.8 Å². The Kier molecular flexibility index (Phi) is 5.49. The monoisotopic (exact) mass is 384 g/mol. The topological polar surface area (TPSA) is 82.9 Å². The molecule has 0 fully saturated rings. The zero-order valence-corrected chi connectivity index (χ0v) is 14.9. The SMILES string of the molecule is C=CCn1c(N)nc(-c2cccc(F)c2)c(-c2ccc(=O)n(CCF)c2)c1=O. The van der Waals surface area contributed by atoms with Crippen LogP contribution < -0.4 is 16.9 Å². The Hall–Kier alpha value is -3.55. The van der Waals surface area contributed by atoms with E-state index >= 15 is 0 Å². The number of allylic oxidation sites excluding steroid dienone is 1. The molecule has 2 N–H and O–H groups in total. The molecule has 144 valence electrons. The van der Waals surface area contributed by atoms with E-state index in [1.165, 1.54) is 51.7 Å². The number of benzene rings is 1. The third-order valence-electron chi connectivity index (χ3n) is 4.21. The maximum atomic E-state index is 13.8. The number of halogens is 2. The van der Waals surface area contributed by atoms with Crippen molar-refractivity contribution in [2.75, 3.05) is 12.4 Å². The minimum atomic E-state index is -0.735. The summed E-state index contributed by atoms with van der Waals surface area (Å²) in [6.07, 6.45) is 2.88. The molecule has 0 unspecified atom stereocenters. The summed E-state index contributed by atoms with van der Waals surface area (Å²) in [5.74, 6) is -0.550. The van der Waals surface area contributed by atoms with E-state index in [2.05, 4.69) is 11.6 Å². The third kappa shape index (κ3) is 3.62. The van der Waals surface area contributed by atoms with E-state index in [9.17, 15) is 18.4 Å². The van der Waals surface area contributed by atoms with E-state index in [1.807, 2.05) is 0 Å². The highest BCUT2D eigenvalue weighted by Crippen LogP contribution is 2.28. The quantitative estimate of drug-likeness (QED) is 0.663. The predicted molar refractivity (Wildman–Crippen MR) is 104 cm³/mol. The van der Waals surface area contributed by atoms with Gasteiger partial charge in [-0.2, -0.15) is 0 Å². The Morgan fingerprint density at radius 1 is 1.18 bits per heavy atom. The van der Waals surface area contributed by atoms with E-state index in [4.69, 9.17) is 5.73 Å². The van der Waals surface area contributed by atoms with E-state index in [-0.39, 0.29) is 30.3 Å². The van der Waals surface area contributed by atoms with E-state index in [0.29, 0.717) is 11.1 Å². The maximum Gasteiger partial charge on any atom is 0.263 e. The van der Waals surface area contributed by atoms with Crippen molar-refractivity contribution < 1.29 is 8.78 Å². The minimum absolute atomic E-state index is 0.0509. The molecular formula is C20H18F2N4O2. The number of alkyl halides is 1. The van der Waals surface area contributed by atoms with Gasteiger partial charge in [-0.15, -0.1) is 6.58 Å². The summed E-state index contributed by atoms with van der Waals surface area (Å²) in [7, 11) is 0. The van der Waals surface area contributed by atoms with E-state index in [1.54, 1.807) is 6.07 Å². The summed E-state index contributed by atoms with van der Waals surface area (Å²) in [6, 6.07) is 8.29. The molecule has 0 saturated carbocycles. The van der Waals surface area contributed by atoms with Crippen LogP contribution >= 0.6 is 0 Å². The van der Waals surface area contributed by atoms with Crippen molar-refractivity contribution in [1.82, 2.24) is 14.1 Å². The van der Waals surface area contributed by atoms with Crippen LogP contribution in [0.4, 0.5) is 14.7 Å². The molecule has 0 aliphatic heterocycles. The fourth-order valence-corrected chi connectivity index (χ4v) is 2.93. The number of nitrogens with zero attached hydrogens (tertiary/aromatic N) is 3. The van der Waals surface area contributed by atoms with E-state index < -0.39 is 23.6 Å². The second-order valence-corrected chi connectivity index (χ2v) is 6.05. The van der Waals surface area contributed by atoms with Crippen LogP contribution in [0.15, 0.2) is 64.8 Å². The van der Waals surface area contributed by atoms with Gasteiger partial charge in [-0.3, -0.25) is 14.2 Å². The fourth-order valence-electron chi connectivity index (χ4n) is 2.93. The zero-order chi connectivity index (χ0) is 20.3.